The lowest BCUT2D eigenvalue weighted by molar-refractivity contribution is -0.135. The number of esters is 1. The topological polar surface area (TPSA) is 111 Å². The summed E-state index contributed by atoms with van der Waals surface area (Å²) in [6, 6.07) is 1.31. The van der Waals surface area contributed by atoms with Crippen molar-refractivity contribution in [1.29, 1.82) is 0 Å². The molecule has 1 saturated carbocycles. The van der Waals surface area contributed by atoms with Gasteiger partial charge in [-0.05, 0) is 18.8 Å². The summed E-state index contributed by atoms with van der Waals surface area (Å²) < 4.78 is 11.2. The van der Waals surface area contributed by atoms with Crippen molar-refractivity contribution in [3.63, 3.8) is 0 Å². The molecule has 27 heavy (non-hydrogen) atoms. The Morgan fingerprint density at radius 3 is 2.85 bits per heavy atom. The minimum Gasteiger partial charge on any atom is -0.464 e. The van der Waals surface area contributed by atoms with E-state index < -0.39 is 11.4 Å². The third-order valence-electron chi connectivity index (χ3n) is 4.03. The molecule has 0 radical (unpaired) electrons. The number of rotatable bonds is 7. The molecule has 0 unspecified atom stereocenters. The molecule has 0 bridgehead atoms. The van der Waals surface area contributed by atoms with Gasteiger partial charge in [0.05, 0.1) is 5.75 Å². The molecule has 8 nitrogen and oxygen atoms in total. The Labute approximate surface area is 163 Å². The SMILES string of the molecule is CC(=O)Nc1nnc(SCc2cc(=O)c(OC(=O)CC3CCCC3)co2)s1. The molecule has 10 heteroatoms. The number of thioether (sulfide) groups is 1. The summed E-state index contributed by atoms with van der Waals surface area (Å²) in [5.74, 6) is 0.449. The van der Waals surface area contributed by atoms with Crippen LogP contribution in [0.3, 0.4) is 0 Å². The van der Waals surface area contributed by atoms with E-state index in [9.17, 15) is 14.4 Å². The van der Waals surface area contributed by atoms with Crippen LogP contribution in [0.5, 0.6) is 5.75 Å². The maximum Gasteiger partial charge on any atom is 0.311 e. The molecular weight excluding hydrogens is 390 g/mol. The standard InChI is InChI=1S/C17H19N3O5S2/c1-10(21)18-16-19-20-17(27-16)26-9-12-7-13(22)14(8-24-12)25-15(23)6-11-4-2-3-5-11/h7-8,11H,2-6,9H2,1H3,(H,18,19,21). The monoisotopic (exact) mass is 409 g/mol. The first-order valence-electron chi connectivity index (χ1n) is 8.56. The fourth-order valence-corrected chi connectivity index (χ4v) is 4.49. The Balaban J connectivity index is 1.53. The Hall–Kier alpha value is -2.20. The minimum atomic E-state index is -0.396. The zero-order valence-electron chi connectivity index (χ0n) is 14.7. The van der Waals surface area contributed by atoms with E-state index in [1.165, 1.54) is 42.4 Å². The molecular formula is C17H19N3O5S2. The quantitative estimate of drug-likeness (QED) is 0.421. The van der Waals surface area contributed by atoms with Crippen molar-refractivity contribution < 1.29 is 18.7 Å². The van der Waals surface area contributed by atoms with Crippen molar-refractivity contribution >= 4 is 40.1 Å². The highest BCUT2D eigenvalue weighted by Gasteiger charge is 2.20. The van der Waals surface area contributed by atoms with Gasteiger partial charge in [0.2, 0.25) is 22.2 Å². The molecule has 0 spiro atoms. The summed E-state index contributed by atoms with van der Waals surface area (Å²) in [6.45, 7) is 1.39. The summed E-state index contributed by atoms with van der Waals surface area (Å²) >= 11 is 2.56. The van der Waals surface area contributed by atoms with Crippen molar-refractivity contribution in [2.24, 2.45) is 5.92 Å². The van der Waals surface area contributed by atoms with Gasteiger partial charge >= 0.3 is 5.97 Å². The van der Waals surface area contributed by atoms with Crippen molar-refractivity contribution in [3.8, 4) is 5.75 Å². The van der Waals surface area contributed by atoms with E-state index in [1.54, 1.807) is 0 Å². The van der Waals surface area contributed by atoms with Gasteiger partial charge in [-0.1, -0.05) is 35.9 Å². The average Bonchev–Trinajstić information content (AvgIpc) is 3.26. The van der Waals surface area contributed by atoms with Crippen LogP contribution in [0.15, 0.2) is 25.9 Å². The van der Waals surface area contributed by atoms with Crippen LogP contribution in [0.25, 0.3) is 0 Å². The maximum atomic E-state index is 12.1. The second-order valence-corrected chi connectivity index (χ2v) is 8.45. The fraction of sp³-hybridized carbons (Fsp3) is 0.471. The van der Waals surface area contributed by atoms with E-state index in [-0.39, 0.29) is 11.7 Å². The number of anilines is 1. The van der Waals surface area contributed by atoms with E-state index in [0.29, 0.717) is 33.3 Å². The third-order valence-corrected chi connectivity index (χ3v) is 6.03. The van der Waals surface area contributed by atoms with Gasteiger partial charge in [0, 0.05) is 19.4 Å². The zero-order chi connectivity index (χ0) is 19.2. The Bertz CT molecular complexity index is 873. The van der Waals surface area contributed by atoms with Gasteiger partial charge in [-0.2, -0.15) is 0 Å². The molecule has 3 rings (SSSR count). The van der Waals surface area contributed by atoms with Crippen LogP contribution in [0, 0.1) is 5.92 Å². The van der Waals surface area contributed by atoms with E-state index in [4.69, 9.17) is 9.15 Å². The molecule has 0 aliphatic heterocycles. The van der Waals surface area contributed by atoms with Crippen molar-refractivity contribution in [2.45, 2.75) is 49.1 Å². The number of ether oxygens (including phenoxy) is 1. The highest BCUT2D eigenvalue weighted by Crippen LogP contribution is 2.29. The molecule has 0 atom stereocenters. The first-order valence-corrected chi connectivity index (χ1v) is 10.4. The number of hydrogen-bond donors (Lipinski definition) is 1. The third kappa shape index (κ3) is 5.90. The van der Waals surface area contributed by atoms with Crippen LogP contribution in [-0.2, 0) is 15.3 Å². The predicted molar refractivity (Wildman–Crippen MR) is 101 cm³/mol. The number of nitrogens with zero attached hydrogens (tertiary/aromatic N) is 2. The van der Waals surface area contributed by atoms with Gasteiger partial charge in [0.25, 0.3) is 0 Å². The minimum absolute atomic E-state index is 0.0874. The molecule has 1 aliphatic rings. The molecule has 2 aromatic heterocycles. The molecule has 144 valence electrons. The van der Waals surface area contributed by atoms with Gasteiger partial charge in [-0.3, -0.25) is 14.4 Å². The lowest BCUT2D eigenvalue weighted by Gasteiger charge is -2.08. The first kappa shape index (κ1) is 19.6. The van der Waals surface area contributed by atoms with Crippen LogP contribution in [0.4, 0.5) is 5.13 Å². The number of nitrogens with one attached hydrogen (secondary N) is 1. The summed E-state index contributed by atoms with van der Waals surface area (Å²) in [4.78, 5) is 35.1. The normalized spacial score (nSPS) is 14.3. The zero-order valence-corrected chi connectivity index (χ0v) is 16.4. The highest BCUT2D eigenvalue weighted by atomic mass is 32.2. The number of carbonyl (C=O) groups is 2. The Morgan fingerprint density at radius 1 is 1.37 bits per heavy atom. The number of amides is 1. The van der Waals surface area contributed by atoms with Crippen LogP contribution in [-0.4, -0.2) is 22.1 Å². The van der Waals surface area contributed by atoms with Gasteiger partial charge in [-0.15, -0.1) is 10.2 Å². The summed E-state index contributed by atoms with van der Waals surface area (Å²) in [5.41, 5.74) is -0.396. The van der Waals surface area contributed by atoms with Gasteiger partial charge in [0.15, 0.2) is 4.34 Å². The smallest absolute Gasteiger partial charge is 0.311 e. The molecule has 0 aromatic carbocycles. The summed E-state index contributed by atoms with van der Waals surface area (Å²) in [7, 11) is 0. The molecule has 2 aromatic rings. The number of aromatic nitrogens is 2. The second kappa shape index (κ2) is 9.14. The largest absolute Gasteiger partial charge is 0.464 e. The second-order valence-electron chi connectivity index (χ2n) is 6.25. The Morgan fingerprint density at radius 2 is 2.15 bits per heavy atom. The van der Waals surface area contributed by atoms with E-state index in [2.05, 4.69) is 15.5 Å². The van der Waals surface area contributed by atoms with Crippen LogP contribution in [0.1, 0.15) is 44.8 Å². The van der Waals surface area contributed by atoms with Crippen molar-refractivity contribution in [3.05, 3.63) is 28.3 Å². The number of hydrogen-bond acceptors (Lipinski definition) is 9. The molecule has 2 heterocycles. The predicted octanol–water partition coefficient (Wildman–Crippen LogP) is 3.23. The summed E-state index contributed by atoms with van der Waals surface area (Å²) in [5, 5.41) is 10.7. The highest BCUT2D eigenvalue weighted by molar-refractivity contribution is 8.00. The van der Waals surface area contributed by atoms with Gasteiger partial charge in [-0.25, -0.2) is 0 Å². The fourth-order valence-electron chi connectivity index (χ4n) is 2.81. The molecule has 1 amide bonds. The first-order chi connectivity index (χ1) is 13.0. The van der Waals surface area contributed by atoms with Crippen LogP contribution >= 0.6 is 23.1 Å². The van der Waals surface area contributed by atoms with Crippen LogP contribution < -0.4 is 15.5 Å². The molecule has 1 N–H and O–H groups in total. The van der Waals surface area contributed by atoms with Crippen molar-refractivity contribution in [2.75, 3.05) is 5.32 Å². The summed E-state index contributed by atoms with van der Waals surface area (Å²) in [6.07, 6.45) is 5.88. The van der Waals surface area contributed by atoms with Crippen molar-refractivity contribution in [1.82, 2.24) is 10.2 Å². The van der Waals surface area contributed by atoms with E-state index >= 15 is 0 Å². The number of carbonyl (C=O) groups excluding carboxylic acids is 2. The Kier molecular flexibility index (Phi) is 6.62. The van der Waals surface area contributed by atoms with E-state index in [1.807, 2.05) is 0 Å². The van der Waals surface area contributed by atoms with E-state index in [0.717, 1.165) is 25.7 Å². The van der Waals surface area contributed by atoms with Gasteiger partial charge in [0.1, 0.15) is 12.0 Å². The van der Waals surface area contributed by atoms with Crippen LogP contribution in [0.2, 0.25) is 0 Å². The van der Waals surface area contributed by atoms with Gasteiger partial charge < -0.3 is 14.5 Å². The molecule has 1 fully saturated rings. The molecule has 0 saturated heterocycles. The average molecular weight is 409 g/mol. The lowest BCUT2D eigenvalue weighted by Crippen LogP contribution is -2.16. The molecule has 1 aliphatic carbocycles. The lowest BCUT2D eigenvalue weighted by atomic mass is 10.0. The maximum absolute atomic E-state index is 12.1.